The van der Waals surface area contributed by atoms with Crippen LogP contribution < -0.4 is 21.3 Å². The van der Waals surface area contributed by atoms with E-state index in [0.717, 1.165) is 0 Å². The minimum Gasteiger partial charge on any atom is -0.465 e. The number of alkyl carbamates (subject to hydrolysis) is 2. The maximum atomic E-state index is 12.2. The molecule has 0 aliphatic heterocycles. The molecule has 27 heavy (non-hydrogen) atoms. The molecule has 0 heterocycles. The molecule has 0 spiro atoms. The van der Waals surface area contributed by atoms with Crippen LogP contribution in [0.15, 0.2) is 0 Å². The van der Waals surface area contributed by atoms with Gasteiger partial charge in [0, 0.05) is 13.1 Å². The van der Waals surface area contributed by atoms with Gasteiger partial charge in [-0.05, 0) is 41.5 Å². The summed E-state index contributed by atoms with van der Waals surface area (Å²) in [5.74, 6) is -0.638. The normalized spacial score (nSPS) is 12.4. The number of hydrogen-bond acceptors (Lipinski definition) is 6. The van der Waals surface area contributed by atoms with Gasteiger partial charge in [-0.2, -0.15) is 0 Å². The zero-order valence-electron chi connectivity index (χ0n) is 16.6. The topological polar surface area (TPSA) is 155 Å². The van der Waals surface area contributed by atoms with Crippen LogP contribution in [-0.2, 0) is 14.3 Å². The molecule has 11 heteroatoms. The van der Waals surface area contributed by atoms with E-state index in [9.17, 15) is 19.2 Å². The van der Waals surface area contributed by atoms with Crippen LogP contribution in [0.25, 0.3) is 0 Å². The summed E-state index contributed by atoms with van der Waals surface area (Å²) >= 11 is 0. The standard InChI is InChI=1S/C16H30N4O7/c1-15(2,3)26-13(24)18-8-7-17-11(21)10(9-19-12(22)23)20-14(25)27-16(4,5)6/h10,19H,7-9H2,1-6H3,(H,17,21)(H,18,24)(H,20,25)(H,22,23)/t10-/m0/s1. The number of amides is 4. The van der Waals surface area contributed by atoms with Crippen molar-refractivity contribution in [2.45, 2.75) is 58.8 Å². The van der Waals surface area contributed by atoms with Crippen molar-refractivity contribution in [1.82, 2.24) is 21.3 Å². The molecule has 156 valence electrons. The lowest BCUT2D eigenvalue weighted by atomic mass is 10.2. The first-order valence-corrected chi connectivity index (χ1v) is 8.40. The first kappa shape index (κ1) is 24.3. The predicted molar refractivity (Wildman–Crippen MR) is 96.4 cm³/mol. The van der Waals surface area contributed by atoms with E-state index in [0.29, 0.717) is 0 Å². The second-order valence-corrected chi connectivity index (χ2v) is 7.60. The second kappa shape index (κ2) is 10.4. The first-order chi connectivity index (χ1) is 12.2. The SMILES string of the molecule is CC(C)(C)OC(=O)NCCNC(=O)[C@H](CNC(=O)O)NC(=O)OC(C)(C)C. The molecule has 5 N–H and O–H groups in total. The summed E-state index contributed by atoms with van der Waals surface area (Å²) in [5.41, 5.74) is -1.42. The Morgan fingerprint density at radius 3 is 1.78 bits per heavy atom. The zero-order chi connectivity index (χ0) is 21.3. The molecule has 0 fully saturated rings. The van der Waals surface area contributed by atoms with Gasteiger partial charge in [-0.15, -0.1) is 0 Å². The van der Waals surface area contributed by atoms with Crippen molar-refractivity contribution in [3.05, 3.63) is 0 Å². The quantitative estimate of drug-likeness (QED) is 0.402. The largest absolute Gasteiger partial charge is 0.465 e. The lowest BCUT2D eigenvalue weighted by Gasteiger charge is -2.23. The highest BCUT2D eigenvalue weighted by Gasteiger charge is 2.24. The predicted octanol–water partition coefficient (Wildman–Crippen LogP) is 0.788. The molecule has 0 aromatic heterocycles. The molecule has 0 aromatic rings. The van der Waals surface area contributed by atoms with Crippen LogP contribution in [0.5, 0.6) is 0 Å². The molecule has 4 amide bonds. The Kier molecular flexibility index (Phi) is 9.38. The highest BCUT2D eigenvalue weighted by atomic mass is 16.6. The third-order valence-electron chi connectivity index (χ3n) is 2.56. The molecule has 0 aliphatic rings. The minimum absolute atomic E-state index is 0.0532. The molecular formula is C16H30N4O7. The molecule has 11 nitrogen and oxygen atoms in total. The molecule has 0 rings (SSSR count). The minimum atomic E-state index is -1.34. The van der Waals surface area contributed by atoms with Gasteiger partial charge in [-0.1, -0.05) is 0 Å². The van der Waals surface area contributed by atoms with Gasteiger partial charge in [0.05, 0.1) is 6.54 Å². The second-order valence-electron chi connectivity index (χ2n) is 7.60. The molecule has 1 atom stereocenters. The van der Waals surface area contributed by atoms with Crippen LogP contribution in [-0.4, -0.2) is 66.2 Å². The molecule has 0 bridgehead atoms. The molecule has 0 aromatic carbocycles. The van der Waals surface area contributed by atoms with E-state index in [-0.39, 0.29) is 19.6 Å². The number of nitrogens with one attached hydrogen (secondary N) is 4. The van der Waals surface area contributed by atoms with Crippen molar-refractivity contribution in [2.24, 2.45) is 0 Å². The van der Waals surface area contributed by atoms with Gasteiger partial charge >= 0.3 is 18.3 Å². The van der Waals surface area contributed by atoms with E-state index in [2.05, 4.69) is 16.0 Å². The summed E-state index contributed by atoms with van der Waals surface area (Å²) in [6.07, 6.45) is -2.83. The van der Waals surface area contributed by atoms with Gasteiger partial charge in [0.1, 0.15) is 17.2 Å². The van der Waals surface area contributed by atoms with Gasteiger partial charge < -0.3 is 35.8 Å². The molecule has 0 saturated carbocycles. The Bertz CT molecular complexity index is 538. The van der Waals surface area contributed by atoms with Crippen molar-refractivity contribution in [3.8, 4) is 0 Å². The maximum Gasteiger partial charge on any atom is 0.408 e. The summed E-state index contributed by atoms with van der Waals surface area (Å²) in [6.45, 7) is 9.91. The third kappa shape index (κ3) is 14.2. The van der Waals surface area contributed by atoms with Crippen LogP contribution in [0.1, 0.15) is 41.5 Å². The summed E-state index contributed by atoms with van der Waals surface area (Å²) in [4.78, 5) is 46.1. The fourth-order valence-electron chi connectivity index (χ4n) is 1.64. The Morgan fingerprint density at radius 1 is 0.815 bits per heavy atom. The molecule has 0 saturated heterocycles. The number of carboxylic acid groups (broad SMARTS) is 1. The van der Waals surface area contributed by atoms with Crippen molar-refractivity contribution in [2.75, 3.05) is 19.6 Å². The summed E-state index contributed by atoms with van der Waals surface area (Å²) < 4.78 is 10.1. The van der Waals surface area contributed by atoms with Crippen molar-refractivity contribution in [3.63, 3.8) is 0 Å². The number of carbonyl (C=O) groups excluding carboxylic acids is 3. The van der Waals surface area contributed by atoms with Gasteiger partial charge in [0.15, 0.2) is 0 Å². The fourth-order valence-corrected chi connectivity index (χ4v) is 1.64. The van der Waals surface area contributed by atoms with Crippen molar-refractivity contribution in [1.29, 1.82) is 0 Å². The van der Waals surface area contributed by atoms with Crippen LogP contribution in [0.3, 0.4) is 0 Å². The summed E-state index contributed by atoms with van der Waals surface area (Å²) in [5, 5.41) is 17.9. The van der Waals surface area contributed by atoms with E-state index < -0.39 is 41.4 Å². The van der Waals surface area contributed by atoms with Crippen LogP contribution in [0.4, 0.5) is 14.4 Å². The van der Waals surface area contributed by atoms with E-state index in [1.807, 2.05) is 5.32 Å². The molecule has 0 radical (unpaired) electrons. The average Bonchev–Trinajstić information content (AvgIpc) is 2.43. The van der Waals surface area contributed by atoms with Gasteiger partial charge in [0.25, 0.3) is 0 Å². The number of ether oxygens (including phenoxy) is 2. The Balaban J connectivity index is 4.51. The third-order valence-corrected chi connectivity index (χ3v) is 2.56. The van der Waals surface area contributed by atoms with Gasteiger partial charge in [0.2, 0.25) is 5.91 Å². The van der Waals surface area contributed by atoms with E-state index in [1.165, 1.54) is 0 Å². The maximum absolute atomic E-state index is 12.2. The van der Waals surface area contributed by atoms with E-state index in [4.69, 9.17) is 14.6 Å². The van der Waals surface area contributed by atoms with Crippen LogP contribution in [0.2, 0.25) is 0 Å². The Morgan fingerprint density at radius 2 is 1.30 bits per heavy atom. The molecule has 0 aliphatic carbocycles. The summed E-state index contributed by atoms with van der Waals surface area (Å²) in [7, 11) is 0. The highest BCUT2D eigenvalue weighted by Crippen LogP contribution is 2.07. The summed E-state index contributed by atoms with van der Waals surface area (Å²) in [6, 6.07) is -1.18. The van der Waals surface area contributed by atoms with E-state index >= 15 is 0 Å². The highest BCUT2D eigenvalue weighted by molar-refractivity contribution is 5.86. The molecule has 0 unspecified atom stereocenters. The number of carbonyl (C=O) groups is 4. The average molecular weight is 390 g/mol. The monoisotopic (exact) mass is 390 g/mol. The van der Waals surface area contributed by atoms with Crippen LogP contribution >= 0.6 is 0 Å². The van der Waals surface area contributed by atoms with Gasteiger partial charge in [-0.25, -0.2) is 14.4 Å². The lowest BCUT2D eigenvalue weighted by Crippen LogP contribution is -2.54. The lowest BCUT2D eigenvalue weighted by molar-refractivity contribution is -0.123. The first-order valence-electron chi connectivity index (χ1n) is 8.40. The smallest absolute Gasteiger partial charge is 0.408 e. The number of rotatable bonds is 7. The Hall–Kier alpha value is -2.72. The fraction of sp³-hybridized carbons (Fsp3) is 0.750. The van der Waals surface area contributed by atoms with Crippen molar-refractivity contribution >= 4 is 24.2 Å². The number of hydrogen-bond donors (Lipinski definition) is 5. The zero-order valence-corrected chi connectivity index (χ0v) is 16.6. The van der Waals surface area contributed by atoms with Gasteiger partial charge in [-0.3, -0.25) is 4.79 Å². The molecular weight excluding hydrogens is 360 g/mol. The Labute approximate surface area is 158 Å². The van der Waals surface area contributed by atoms with Crippen LogP contribution in [0, 0.1) is 0 Å². The van der Waals surface area contributed by atoms with E-state index in [1.54, 1.807) is 41.5 Å². The van der Waals surface area contributed by atoms with Crippen molar-refractivity contribution < 1.29 is 33.8 Å².